The van der Waals surface area contributed by atoms with E-state index in [0.29, 0.717) is 42.8 Å². The molecule has 2 heterocycles. The Balaban J connectivity index is 1.66. The Labute approximate surface area is 194 Å². The third-order valence-corrected chi connectivity index (χ3v) is 5.92. The van der Waals surface area contributed by atoms with Gasteiger partial charge >= 0.3 is 5.97 Å². The van der Waals surface area contributed by atoms with Crippen LogP contribution in [0.2, 0.25) is 0 Å². The number of carbonyl (C=O) groups is 2. The fraction of sp³-hybridized carbons (Fsp3) is 0.261. The van der Waals surface area contributed by atoms with Gasteiger partial charge in [0.25, 0.3) is 5.91 Å². The number of anilines is 2. The summed E-state index contributed by atoms with van der Waals surface area (Å²) in [6.07, 6.45) is 3.29. The molecule has 1 N–H and O–H groups in total. The maximum absolute atomic E-state index is 13.4. The minimum absolute atomic E-state index is 0.243. The van der Waals surface area contributed by atoms with E-state index in [1.807, 2.05) is 12.3 Å². The topological polar surface area (TPSA) is 85.7 Å². The zero-order chi connectivity index (χ0) is 23.4. The number of aromatic nitrogens is 2. The molecule has 0 saturated carbocycles. The molecule has 0 unspecified atom stereocenters. The Bertz CT molecular complexity index is 1160. The van der Waals surface area contributed by atoms with E-state index in [-0.39, 0.29) is 17.1 Å². The van der Waals surface area contributed by atoms with Crippen LogP contribution in [-0.2, 0) is 9.47 Å². The van der Waals surface area contributed by atoms with Gasteiger partial charge in [-0.15, -0.1) is 0 Å². The molecule has 172 valence electrons. The Kier molecular flexibility index (Phi) is 6.95. The molecule has 0 atom stereocenters. The molecule has 3 aromatic rings. The number of esters is 1. The number of nitrogens with one attached hydrogen (secondary N) is 1. The van der Waals surface area contributed by atoms with Gasteiger partial charge in [-0.05, 0) is 48.7 Å². The molecule has 1 aliphatic heterocycles. The highest BCUT2D eigenvalue weighted by atomic mass is 32.2. The number of rotatable bonds is 6. The molecule has 1 fully saturated rings. The average molecular weight is 471 g/mol. The smallest absolute Gasteiger partial charge is 0.340 e. The van der Waals surface area contributed by atoms with Gasteiger partial charge in [0.1, 0.15) is 11.5 Å². The minimum Gasteiger partial charge on any atom is -0.465 e. The number of amides is 1. The van der Waals surface area contributed by atoms with Crippen molar-refractivity contribution >= 4 is 35.0 Å². The van der Waals surface area contributed by atoms with Crippen molar-refractivity contribution in [1.29, 1.82) is 0 Å². The first-order valence-electron chi connectivity index (χ1n) is 10.3. The molecule has 1 aliphatic rings. The molecule has 0 radical (unpaired) electrons. The zero-order valence-corrected chi connectivity index (χ0v) is 19.0. The normalized spacial score (nSPS) is 13.6. The number of imidazole rings is 1. The number of ether oxygens (including phenoxy) is 2. The van der Waals surface area contributed by atoms with Crippen molar-refractivity contribution in [1.82, 2.24) is 9.55 Å². The summed E-state index contributed by atoms with van der Waals surface area (Å²) in [6.45, 7) is 2.63. The second-order valence-corrected chi connectivity index (χ2v) is 7.99. The zero-order valence-electron chi connectivity index (χ0n) is 18.2. The monoisotopic (exact) mass is 470 g/mol. The van der Waals surface area contributed by atoms with Crippen LogP contribution in [0.3, 0.4) is 0 Å². The van der Waals surface area contributed by atoms with E-state index in [2.05, 4.69) is 15.2 Å². The largest absolute Gasteiger partial charge is 0.465 e. The van der Waals surface area contributed by atoms with Crippen molar-refractivity contribution in [2.45, 2.75) is 5.16 Å². The highest BCUT2D eigenvalue weighted by molar-refractivity contribution is 7.98. The second kappa shape index (κ2) is 10.1. The lowest BCUT2D eigenvalue weighted by Gasteiger charge is -2.29. The standard InChI is InChI=1S/C23H23FN4O4S/c1-31-22(30)18-13-17(27-9-11-32-12-10-27)7-8-19(18)26-21(29)20-14-25-23(33-2)28(20)16-5-3-15(24)4-6-16/h3-8,13-14H,9-12H2,1-2H3,(H,26,29). The maximum atomic E-state index is 13.4. The van der Waals surface area contributed by atoms with Crippen LogP contribution >= 0.6 is 11.8 Å². The maximum Gasteiger partial charge on any atom is 0.340 e. The van der Waals surface area contributed by atoms with E-state index in [1.165, 1.54) is 37.2 Å². The highest BCUT2D eigenvalue weighted by Crippen LogP contribution is 2.27. The summed E-state index contributed by atoms with van der Waals surface area (Å²) >= 11 is 1.36. The predicted molar refractivity (Wildman–Crippen MR) is 124 cm³/mol. The Hall–Kier alpha value is -3.37. The number of morpholine rings is 1. The molecule has 10 heteroatoms. The van der Waals surface area contributed by atoms with Gasteiger partial charge < -0.3 is 19.7 Å². The van der Waals surface area contributed by atoms with Gasteiger partial charge in [0, 0.05) is 24.5 Å². The molecule has 1 saturated heterocycles. The summed E-state index contributed by atoms with van der Waals surface area (Å²) in [4.78, 5) is 32.1. The summed E-state index contributed by atoms with van der Waals surface area (Å²) in [6, 6.07) is 11.0. The number of hydrogen-bond acceptors (Lipinski definition) is 7. The molecule has 4 rings (SSSR count). The van der Waals surface area contributed by atoms with E-state index < -0.39 is 11.9 Å². The fourth-order valence-corrected chi connectivity index (χ4v) is 4.15. The van der Waals surface area contributed by atoms with Gasteiger partial charge in [-0.25, -0.2) is 14.2 Å². The number of thioether (sulfide) groups is 1. The van der Waals surface area contributed by atoms with Crippen molar-refractivity contribution in [3.8, 4) is 5.69 Å². The van der Waals surface area contributed by atoms with Crippen LogP contribution in [0.1, 0.15) is 20.8 Å². The molecule has 1 aromatic heterocycles. The van der Waals surface area contributed by atoms with Gasteiger partial charge in [0.15, 0.2) is 5.16 Å². The Morgan fingerprint density at radius 1 is 1.12 bits per heavy atom. The number of methoxy groups -OCH3 is 1. The van der Waals surface area contributed by atoms with Crippen molar-refractivity contribution in [3.63, 3.8) is 0 Å². The summed E-state index contributed by atoms with van der Waals surface area (Å²) in [5.41, 5.74) is 2.25. The van der Waals surface area contributed by atoms with Crippen LogP contribution < -0.4 is 10.2 Å². The van der Waals surface area contributed by atoms with Gasteiger partial charge in [-0.2, -0.15) is 0 Å². The third kappa shape index (κ3) is 4.86. The van der Waals surface area contributed by atoms with Crippen molar-refractivity contribution in [2.75, 3.05) is 49.9 Å². The quantitative estimate of drug-likeness (QED) is 0.435. The first kappa shape index (κ1) is 22.8. The highest BCUT2D eigenvalue weighted by Gasteiger charge is 2.22. The number of benzene rings is 2. The number of halogens is 1. The van der Waals surface area contributed by atoms with Crippen LogP contribution in [0.15, 0.2) is 53.8 Å². The van der Waals surface area contributed by atoms with Crippen molar-refractivity contribution in [2.24, 2.45) is 0 Å². The Morgan fingerprint density at radius 3 is 2.48 bits per heavy atom. The van der Waals surface area contributed by atoms with E-state index in [0.717, 1.165) is 5.69 Å². The van der Waals surface area contributed by atoms with Crippen LogP contribution in [0, 0.1) is 5.82 Å². The lowest BCUT2D eigenvalue weighted by molar-refractivity contribution is 0.0602. The minimum atomic E-state index is -0.558. The molecular formula is C23H23FN4O4S. The van der Waals surface area contributed by atoms with Gasteiger partial charge in [0.2, 0.25) is 0 Å². The fourth-order valence-electron chi connectivity index (χ4n) is 3.60. The van der Waals surface area contributed by atoms with Crippen LogP contribution in [-0.4, -0.2) is 61.1 Å². The summed E-state index contributed by atoms with van der Waals surface area (Å²) < 4.78 is 25.4. The Morgan fingerprint density at radius 2 is 1.82 bits per heavy atom. The molecule has 2 aromatic carbocycles. The molecule has 8 nitrogen and oxygen atoms in total. The van der Waals surface area contributed by atoms with Crippen LogP contribution in [0.25, 0.3) is 5.69 Å². The number of nitrogens with zero attached hydrogens (tertiary/aromatic N) is 3. The van der Waals surface area contributed by atoms with Crippen LogP contribution in [0.4, 0.5) is 15.8 Å². The lowest BCUT2D eigenvalue weighted by Crippen LogP contribution is -2.36. The van der Waals surface area contributed by atoms with Crippen LogP contribution in [0.5, 0.6) is 0 Å². The summed E-state index contributed by atoms with van der Waals surface area (Å²) in [5.74, 6) is -1.40. The molecule has 0 aliphatic carbocycles. The second-order valence-electron chi connectivity index (χ2n) is 7.22. The lowest BCUT2D eigenvalue weighted by atomic mass is 10.1. The van der Waals surface area contributed by atoms with E-state index in [9.17, 15) is 14.0 Å². The van der Waals surface area contributed by atoms with Crippen molar-refractivity contribution in [3.05, 3.63) is 65.7 Å². The number of hydrogen-bond donors (Lipinski definition) is 1. The van der Waals surface area contributed by atoms with Gasteiger partial charge in [-0.3, -0.25) is 9.36 Å². The first-order chi connectivity index (χ1) is 16.0. The summed E-state index contributed by atoms with van der Waals surface area (Å²) in [7, 11) is 1.30. The average Bonchev–Trinajstić information content (AvgIpc) is 3.29. The SMILES string of the molecule is COC(=O)c1cc(N2CCOCC2)ccc1NC(=O)c1cnc(SC)n1-c1ccc(F)cc1. The number of carbonyl (C=O) groups excluding carboxylic acids is 2. The third-order valence-electron chi connectivity index (χ3n) is 5.26. The van der Waals surface area contributed by atoms with E-state index in [1.54, 1.807) is 28.8 Å². The molecule has 1 amide bonds. The predicted octanol–water partition coefficient (Wildman–Crippen LogP) is 3.61. The van der Waals surface area contributed by atoms with Gasteiger partial charge in [0.05, 0.1) is 37.8 Å². The first-order valence-corrected chi connectivity index (χ1v) is 11.5. The van der Waals surface area contributed by atoms with Gasteiger partial charge in [-0.1, -0.05) is 11.8 Å². The molecular weight excluding hydrogens is 447 g/mol. The molecule has 0 bridgehead atoms. The molecule has 0 spiro atoms. The van der Waals surface area contributed by atoms with Crippen molar-refractivity contribution < 1.29 is 23.5 Å². The summed E-state index contributed by atoms with van der Waals surface area (Å²) in [5, 5.41) is 3.38. The molecule has 33 heavy (non-hydrogen) atoms. The van der Waals surface area contributed by atoms with E-state index >= 15 is 0 Å². The van der Waals surface area contributed by atoms with E-state index in [4.69, 9.17) is 9.47 Å².